The summed E-state index contributed by atoms with van der Waals surface area (Å²) in [5, 5.41) is 8.42. The zero-order valence-corrected chi connectivity index (χ0v) is 14.6. The molecule has 0 aliphatic heterocycles. The number of hydrogen-bond donors (Lipinski definition) is 1. The topological polar surface area (TPSA) is 83.5 Å². The van der Waals surface area contributed by atoms with E-state index in [1.807, 2.05) is 30.3 Å². The third kappa shape index (κ3) is 14.5. The molecule has 1 aromatic carbocycles. The fourth-order valence-electron chi connectivity index (χ4n) is 1.80. The minimum atomic E-state index is -0.862. The highest BCUT2D eigenvalue weighted by molar-refractivity contribution is 5.66. The monoisotopic (exact) mass is 356 g/mol. The van der Waals surface area contributed by atoms with E-state index in [0.717, 1.165) is 5.56 Å². The maximum atomic E-state index is 10.2. The van der Waals surface area contributed by atoms with Crippen LogP contribution in [0, 0.1) is 0 Å². The van der Waals surface area contributed by atoms with Crippen LogP contribution in [0.15, 0.2) is 30.3 Å². The Balaban J connectivity index is 1.71. The Morgan fingerprint density at radius 3 is 1.60 bits per heavy atom. The Morgan fingerprint density at radius 2 is 1.12 bits per heavy atom. The van der Waals surface area contributed by atoms with Crippen LogP contribution in [0.2, 0.25) is 0 Å². The lowest BCUT2D eigenvalue weighted by Gasteiger charge is -2.08. The number of rotatable bonds is 17. The molecule has 0 aliphatic rings. The second-order valence-corrected chi connectivity index (χ2v) is 5.13. The van der Waals surface area contributed by atoms with Crippen molar-refractivity contribution >= 4 is 5.97 Å². The van der Waals surface area contributed by atoms with E-state index >= 15 is 0 Å². The summed E-state index contributed by atoms with van der Waals surface area (Å²) in [5.41, 5.74) is 1.15. The first-order valence-electron chi connectivity index (χ1n) is 8.43. The lowest BCUT2D eigenvalue weighted by atomic mass is 10.2. The Morgan fingerprint density at radius 1 is 0.680 bits per heavy atom. The summed E-state index contributed by atoms with van der Waals surface area (Å²) < 4.78 is 26.6. The maximum Gasteiger partial charge on any atom is 0.305 e. The van der Waals surface area contributed by atoms with Gasteiger partial charge in [-0.15, -0.1) is 0 Å². The molecule has 0 atom stereocenters. The molecule has 0 radical (unpaired) electrons. The van der Waals surface area contributed by atoms with Crippen LogP contribution in [0.3, 0.4) is 0 Å². The quantitative estimate of drug-likeness (QED) is 0.426. The van der Waals surface area contributed by atoms with Gasteiger partial charge in [0.05, 0.1) is 72.5 Å². The van der Waals surface area contributed by atoms with Crippen LogP contribution in [0.4, 0.5) is 0 Å². The number of carboxylic acid groups (broad SMARTS) is 1. The van der Waals surface area contributed by atoms with Crippen LogP contribution in [0.5, 0.6) is 0 Å². The first kappa shape index (κ1) is 21.5. The molecule has 0 fully saturated rings. The molecule has 0 heterocycles. The summed E-state index contributed by atoms with van der Waals surface area (Å²) in [6, 6.07) is 10.0. The highest BCUT2D eigenvalue weighted by Crippen LogP contribution is 1.99. The van der Waals surface area contributed by atoms with Gasteiger partial charge >= 0.3 is 5.97 Å². The van der Waals surface area contributed by atoms with Gasteiger partial charge in [-0.2, -0.15) is 0 Å². The molecule has 0 spiro atoms. The summed E-state index contributed by atoms with van der Waals surface area (Å²) >= 11 is 0. The average Bonchev–Trinajstić information content (AvgIpc) is 2.62. The lowest BCUT2D eigenvalue weighted by Crippen LogP contribution is -2.13. The van der Waals surface area contributed by atoms with Crippen molar-refractivity contribution in [3.05, 3.63) is 35.9 Å². The highest BCUT2D eigenvalue weighted by Gasteiger charge is 1.96. The molecule has 0 aliphatic carbocycles. The largest absolute Gasteiger partial charge is 0.481 e. The Labute approximate surface area is 148 Å². The molecular formula is C18H28O7. The smallest absolute Gasteiger partial charge is 0.305 e. The zero-order valence-electron chi connectivity index (χ0n) is 14.6. The number of benzene rings is 1. The van der Waals surface area contributed by atoms with Crippen molar-refractivity contribution < 1.29 is 33.6 Å². The van der Waals surface area contributed by atoms with Crippen LogP contribution in [-0.2, 0) is 35.1 Å². The van der Waals surface area contributed by atoms with Crippen molar-refractivity contribution in [2.24, 2.45) is 0 Å². The molecule has 142 valence electrons. The second-order valence-electron chi connectivity index (χ2n) is 5.13. The van der Waals surface area contributed by atoms with E-state index in [9.17, 15) is 4.79 Å². The van der Waals surface area contributed by atoms with Crippen LogP contribution < -0.4 is 0 Å². The number of carboxylic acids is 1. The van der Waals surface area contributed by atoms with Crippen LogP contribution in [0.1, 0.15) is 12.0 Å². The van der Waals surface area contributed by atoms with E-state index in [4.69, 9.17) is 28.8 Å². The first-order valence-corrected chi connectivity index (χ1v) is 8.43. The van der Waals surface area contributed by atoms with E-state index in [0.29, 0.717) is 59.5 Å². The van der Waals surface area contributed by atoms with E-state index in [1.54, 1.807) is 0 Å². The maximum absolute atomic E-state index is 10.2. The summed E-state index contributed by atoms with van der Waals surface area (Å²) in [6.45, 7) is 4.72. The van der Waals surface area contributed by atoms with Crippen molar-refractivity contribution in [3.8, 4) is 0 Å². The minimum absolute atomic E-state index is 0.0143. The van der Waals surface area contributed by atoms with Crippen LogP contribution >= 0.6 is 0 Å². The summed E-state index contributed by atoms with van der Waals surface area (Å²) in [7, 11) is 0. The first-order chi connectivity index (χ1) is 12.3. The predicted molar refractivity (Wildman–Crippen MR) is 91.6 cm³/mol. The Bertz CT molecular complexity index is 425. The fraction of sp³-hybridized carbons (Fsp3) is 0.611. The van der Waals surface area contributed by atoms with Crippen LogP contribution in [0.25, 0.3) is 0 Å². The third-order valence-corrected chi connectivity index (χ3v) is 3.06. The Hall–Kier alpha value is -1.51. The third-order valence-electron chi connectivity index (χ3n) is 3.06. The van der Waals surface area contributed by atoms with Crippen molar-refractivity contribution in [1.29, 1.82) is 0 Å². The summed E-state index contributed by atoms with van der Waals surface area (Å²) in [5.74, 6) is -0.862. The number of hydrogen-bond acceptors (Lipinski definition) is 6. The molecule has 25 heavy (non-hydrogen) atoms. The van der Waals surface area contributed by atoms with Gasteiger partial charge in [0.15, 0.2) is 0 Å². The summed E-state index contributed by atoms with van der Waals surface area (Å²) in [4.78, 5) is 10.2. The molecular weight excluding hydrogens is 328 g/mol. The predicted octanol–water partition coefficient (Wildman–Crippen LogP) is 1.74. The van der Waals surface area contributed by atoms with Gasteiger partial charge in [-0.3, -0.25) is 4.79 Å². The fourth-order valence-corrected chi connectivity index (χ4v) is 1.80. The number of ether oxygens (including phenoxy) is 5. The van der Waals surface area contributed by atoms with Gasteiger partial charge < -0.3 is 28.8 Å². The van der Waals surface area contributed by atoms with Gasteiger partial charge in [-0.1, -0.05) is 30.3 Å². The normalized spacial score (nSPS) is 10.9. The van der Waals surface area contributed by atoms with Crippen molar-refractivity contribution in [2.45, 2.75) is 13.0 Å². The van der Waals surface area contributed by atoms with Gasteiger partial charge in [-0.25, -0.2) is 0 Å². The van der Waals surface area contributed by atoms with Gasteiger partial charge in [0, 0.05) is 0 Å². The summed E-state index contributed by atoms with van der Waals surface area (Å²) in [6.07, 6.45) is 0.0143. The van der Waals surface area contributed by atoms with E-state index in [2.05, 4.69) is 0 Å². The molecule has 7 heteroatoms. The highest BCUT2D eigenvalue weighted by atomic mass is 16.6. The zero-order chi connectivity index (χ0) is 18.0. The molecule has 0 saturated carbocycles. The van der Waals surface area contributed by atoms with Gasteiger partial charge in [-0.05, 0) is 5.56 Å². The molecule has 0 amide bonds. The second kappa shape index (κ2) is 16.0. The molecule has 1 aromatic rings. The molecule has 0 saturated heterocycles. The van der Waals surface area contributed by atoms with Gasteiger partial charge in [0.2, 0.25) is 0 Å². The average molecular weight is 356 g/mol. The molecule has 1 N–H and O–H groups in total. The molecule has 1 rings (SSSR count). The minimum Gasteiger partial charge on any atom is -0.481 e. The molecule has 7 nitrogen and oxygen atoms in total. The Kier molecular flexibility index (Phi) is 13.8. The molecule has 0 aromatic heterocycles. The van der Waals surface area contributed by atoms with Crippen molar-refractivity contribution in [3.63, 3.8) is 0 Å². The molecule has 0 unspecified atom stereocenters. The SMILES string of the molecule is O=C(O)CCOCCOCCOCCOCCOCc1ccccc1. The molecule has 0 bridgehead atoms. The lowest BCUT2D eigenvalue weighted by molar-refractivity contribution is -0.138. The van der Waals surface area contributed by atoms with Crippen LogP contribution in [-0.4, -0.2) is 70.5 Å². The van der Waals surface area contributed by atoms with E-state index < -0.39 is 5.97 Å². The van der Waals surface area contributed by atoms with Crippen molar-refractivity contribution in [2.75, 3.05) is 59.5 Å². The standard InChI is InChI=1S/C18H28O7/c19-18(20)6-7-21-8-9-22-10-11-23-12-13-24-14-15-25-16-17-4-2-1-3-5-17/h1-5H,6-16H2,(H,19,20). The van der Waals surface area contributed by atoms with Crippen molar-refractivity contribution in [1.82, 2.24) is 0 Å². The van der Waals surface area contributed by atoms with Gasteiger partial charge in [0.1, 0.15) is 0 Å². The van der Waals surface area contributed by atoms with E-state index in [1.165, 1.54) is 0 Å². The number of carbonyl (C=O) groups is 1. The van der Waals surface area contributed by atoms with E-state index in [-0.39, 0.29) is 13.0 Å². The number of aliphatic carboxylic acids is 1. The van der Waals surface area contributed by atoms with Gasteiger partial charge in [0.25, 0.3) is 0 Å².